The zero-order valence-electron chi connectivity index (χ0n) is 21.6. The van der Waals surface area contributed by atoms with Gasteiger partial charge in [-0.25, -0.2) is 14.3 Å². The summed E-state index contributed by atoms with van der Waals surface area (Å²) in [4.78, 5) is 49.4. The topological polar surface area (TPSA) is 112 Å². The predicted molar refractivity (Wildman–Crippen MR) is 152 cm³/mol. The fourth-order valence-corrected chi connectivity index (χ4v) is 5.11. The van der Waals surface area contributed by atoms with E-state index in [2.05, 4.69) is 20.6 Å². The molecule has 0 bridgehead atoms. The van der Waals surface area contributed by atoms with E-state index >= 15 is 0 Å². The molecular formula is C29H26FN5O4S. The van der Waals surface area contributed by atoms with Crippen molar-refractivity contribution in [1.82, 2.24) is 10.2 Å². The van der Waals surface area contributed by atoms with Crippen molar-refractivity contribution in [3.8, 4) is 5.75 Å². The lowest BCUT2D eigenvalue weighted by atomic mass is 10.1. The minimum atomic E-state index is -0.758. The molecule has 5 rings (SSSR count). The number of amidine groups is 2. The highest BCUT2D eigenvalue weighted by Crippen LogP contribution is 2.34. The van der Waals surface area contributed by atoms with Crippen molar-refractivity contribution in [3.63, 3.8) is 0 Å². The molecule has 2 aliphatic heterocycles. The summed E-state index contributed by atoms with van der Waals surface area (Å²) in [6, 6.07) is 19.6. The van der Waals surface area contributed by atoms with Crippen molar-refractivity contribution in [1.29, 1.82) is 0 Å². The van der Waals surface area contributed by atoms with Crippen LogP contribution in [0.25, 0.3) is 0 Å². The van der Waals surface area contributed by atoms with Crippen molar-refractivity contribution in [2.75, 3.05) is 18.2 Å². The molecule has 3 aromatic carbocycles. The first-order valence-corrected chi connectivity index (χ1v) is 13.6. The van der Waals surface area contributed by atoms with Gasteiger partial charge in [-0.1, -0.05) is 48.2 Å². The molecule has 3 amide bonds. The van der Waals surface area contributed by atoms with E-state index in [9.17, 15) is 18.8 Å². The van der Waals surface area contributed by atoms with Crippen LogP contribution in [0.4, 0.5) is 15.8 Å². The molecule has 0 fully saturated rings. The summed E-state index contributed by atoms with van der Waals surface area (Å²) in [5.74, 6) is -0.155. The number of benzene rings is 3. The van der Waals surface area contributed by atoms with Crippen molar-refractivity contribution >= 4 is 51.9 Å². The molecule has 2 aliphatic rings. The molecule has 0 aromatic heterocycles. The molecule has 0 saturated carbocycles. The Labute approximate surface area is 234 Å². The summed E-state index contributed by atoms with van der Waals surface area (Å²) in [6.07, 6.45) is 0.299. The maximum Gasteiger partial charge on any atom is 0.259 e. The summed E-state index contributed by atoms with van der Waals surface area (Å²) < 4.78 is 18.4. The van der Waals surface area contributed by atoms with Gasteiger partial charge in [0.1, 0.15) is 23.4 Å². The Kier molecular flexibility index (Phi) is 8.20. The quantitative estimate of drug-likeness (QED) is 0.407. The van der Waals surface area contributed by atoms with Gasteiger partial charge in [-0.15, -0.1) is 0 Å². The maximum atomic E-state index is 13.4. The van der Waals surface area contributed by atoms with E-state index in [0.717, 1.165) is 17.3 Å². The average molecular weight is 560 g/mol. The van der Waals surface area contributed by atoms with E-state index in [1.54, 1.807) is 30.3 Å². The van der Waals surface area contributed by atoms with Gasteiger partial charge in [0.25, 0.3) is 5.91 Å². The largest absolute Gasteiger partial charge is 0.495 e. The number of carbonyl (C=O) groups excluding carboxylic acids is 3. The molecule has 2 N–H and O–H groups in total. The Morgan fingerprint density at radius 3 is 2.58 bits per heavy atom. The molecule has 9 nitrogen and oxygen atoms in total. The Morgan fingerprint density at radius 1 is 1.02 bits per heavy atom. The number of hydrogen-bond acceptors (Lipinski definition) is 7. The summed E-state index contributed by atoms with van der Waals surface area (Å²) in [6.45, 7) is 0.260. The molecule has 3 aromatic rings. The van der Waals surface area contributed by atoms with E-state index in [-0.39, 0.29) is 48.7 Å². The van der Waals surface area contributed by atoms with E-state index in [4.69, 9.17) is 4.74 Å². The van der Waals surface area contributed by atoms with Crippen LogP contribution in [0.1, 0.15) is 24.0 Å². The number of thioether (sulfide) groups is 1. The molecule has 11 heteroatoms. The molecule has 0 radical (unpaired) electrons. The van der Waals surface area contributed by atoms with Crippen molar-refractivity contribution < 1.29 is 23.5 Å². The van der Waals surface area contributed by atoms with Crippen LogP contribution in [0.15, 0.2) is 82.8 Å². The fraction of sp³-hybridized carbons (Fsp3) is 0.207. The van der Waals surface area contributed by atoms with Crippen molar-refractivity contribution in [2.24, 2.45) is 9.98 Å². The third kappa shape index (κ3) is 6.04. The van der Waals surface area contributed by atoms with E-state index in [0.29, 0.717) is 33.7 Å². The van der Waals surface area contributed by atoms with Crippen LogP contribution >= 0.6 is 11.8 Å². The Hall–Kier alpha value is -4.51. The van der Waals surface area contributed by atoms with Crippen molar-refractivity contribution in [2.45, 2.75) is 25.4 Å². The van der Waals surface area contributed by atoms with Gasteiger partial charge in [-0.05, 0) is 48.4 Å². The van der Waals surface area contributed by atoms with Gasteiger partial charge in [0.15, 0.2) is 5.17 Å². The second-order valence-corrected chi connectivity index (χ2v) is 9.98. The first kappa shape index (κ1) is 27.1. The van der Waals surface area contributed by atoms with Crippen LogP contribution in [-0.4, -0.2) is 52.5 Å². The number of nitrogens with zero attached hydrogens (tertiary/aromatic N) is 3. The lowest BCUT2D eigenvalue weighted by Gasteiger charge is -2.25. The summed E-state index contributed by atoms with van der Waals surface area (Å²) in [5, 5.41) is 5.96. The Balaban J connectivity index is 1.24. The van der Waals surface area contributed by atoms with Gasteiger partial charge in [0.05, 0.1) is 24.2 Å². The van der Waals surface area contributed by atoms with Gasteiger partial charge in [0.2, 0.25) is 11.8 Å². The number of amides is 3. The number of nitrogens with one attached hydrogen (secondary N) is 2. The number of rotatable bonds is 9. The number of para-hydroxylation sites is 3. The summed E-state index contributed by atoms with van der Waals surface area (Å²) >= 11 is 1.13. The fourth-order valence-electron chi connectivity index (χ4n) is 4.31. The number of fused-ring (bicyclic) bond motifs is 3. The van der Waals surface area contributed by atoms with Crippen LogP contribution in [0.2, 0.25) is 0 Å². The Bertz CT molecular complexity index is 1510. The third-order valence-electron chi connectivity index (χ3n) is 6.31. The van der Waals surface area contributed by atoms with Crippen LogP contribution in [0, 0.1) is 5.82 Å². The molecular weight excluding hydrogens is 533 g/mol. The second kappa shape index (κ2) is 12.1. The van der Waals surface area contributed by atoms with Crippen LogP contribution < -0.4 is 15.4 Å². The molecule has 204 valence electrons. The lowest BCUT2D eigenvalue weighted by molar-refractivity contribution is -0.125. The minimum absolute atomic E-state index is 0.00651. The number of ether oxygens (including phenoxy) is 1. The average Bonchev–Trinajstić information content (AvgIpc) is 3.31. The molecule has 1 atom stereocenters. The zero-order valence-corrected chi connectivity index (χ0v) is 22.4. The van der Waals surface area contributed by atoms with Crippen molar-refractivity contribution in [3.05, 3.63) is 89.7 Å². The van der Waals surface area contributed by atoms with E-state index < -0.39 is 6.04 Å². The minimum Gasteiger partial charge on any atom is -0.495 e. The highest BCUT2D eigenvalue weighted by Gasteiger charge is 2.41. The highest BCUT2D eigenvalue weighted by molar-refractivity contribution is 8.14. The van der Waals surface area contributed by atoms with E-state index in [1.807, 2.05) is 30.3 Å². The SMILES string of the molecule is COc1ccccc1NC(=O)CSC1=Nc2ccccc2C2=NC(CCC(=O)NCc3ccc(F)cc3)C(=O)N12. The maximum absolute atomic E-state index is 13.4. The van der Waals surface area contributed by atoms with E-state index in [1.165, 1.54) is 24.1 Å². The number of anilines is 1. The highest BCUT2D eigenvalue weighted by atomic mass is 32.2. The lowest BCUT2D eigenvalue weighted by Crippen LogP contribution is -2.41. The number of aliphatic imine (C=N–C) groups is 2. The summed E-state index contributed by atoms with van der Waals surface area (Å²) in [5.41, 5.74) is 2.68. The third-order valence-corrected chi connectivity index (χ3v) is 7.25. The van der Waals surface area contributed by atoms with Gasteiger partial charge in [0, 0.05) is 18.5 Å². The normalized spacial score (nSPS) is 15.5. The monoisotopic (exact) mass is 559 g/mol. The molecule has 40 heavy (non-hydrogen) atoms. The molecule has 2 heterocycles. The number of carbonyl (C=O) groups is 3. The zero-order chi connectivity index (χ0) is 28.1. The molecule has 0 saturated heterocycles. The molecule has 1 unspecified atom stereocenters. The van der Waals surface area contributed by atoms with Gasteiger partial charge in [-0.2, -0.15) is 0 Å². The van der Waals surface area contributed by atoms with Gasteiger partial charge in [-0.3, -0.25) is 19.4 Å². The number of hydrogen-bond donors (Lipinski definition) is 2. The standard InChI is InChI=1S/C29H26FN5O4S/c1-39-24-9-5-4-8-22(24)32-26(37)17-40-29-34-21-7-3-2-6-20(21)27-33-23(28(38)35(27)29)14-15-25(36)31-16-18-10-12-19(30)13-11-18/h2-13,23H,14-17H2,1H3,(H,31,36)(H,32,37). The first-order valence-electron chi connectivity index (χ1n) is 12.6. The van der Waals surface area contributed by atoms with Crippen LogP contribution in [0.5, 0.6) is 5.75 Å². The number of halogens is 1. The Morgan fingerprint density at radius 2 is 1.77 bits per heavy atom. The second-order valence-electron chi connectivity index (χ2n) is 9.03. The van der Waals surface area contributed by atoms with Gasteiger partial charge >= 0.3 is 0 Å². The molecule has 0 spiro atoms. The predicted octanol–water partition coefficient (Wildman–Crippen LogP) is 4.26. The van der Waals surface area contributed by atoms with Gasteiger partial charge < -0.3 is 15.4 Å². The van der Waals surface area contributed by atoms with Crippen LogP contribution in [-0.2, 0) is 20.9 Å². The smallest absolute Gasteiger partial charge is 0.259 e. The summed E-state index contributed by atoms with van der Waals surface area (Å²) in [7, 11) is 1.53. The number of methoxy groups -OCH3 is 1. The molecule has 0 aliphatic carbocycles. The first-order chi connectivity index (χ1) is 19.4. The van der Waals surface area contributed by atoms with Crippen LogP contribution in [0.3, 0.4) is 0 Å².